The van der Waals surface area contributed by atoms with E-state index in [2.05, 4.69) is 6.58 Å². The Labute approximate surface area is 117 Å². The first-order valence-electron chi connectivity index (χ1n) is 5.54. The third-order valence-electron chi connectivity index (χ3n) is 2.44. The molecule has 0 aliphatic carbocycles. The Bertz CT molecular complexity index is 618. The third kappa shape index (κ3) is 3.59. The van der Waals surface area contributed by atoms with Crippen LogP contribution < -0.4 is 0 Å². The van der Waals surface area contributed by atoms with Crippen LogP contribution in [0.1, 0.15) is 10.4 Å². The molecule has 0 atom stereocenters. The van der Waals surface area contributed by atoms with Gasteiger partial charge in [-0.3, -0.25) is 19.7 Å². The van der Waals surface area contributed by atoms with E-state index < -0.39 is 46.2 Å². The zero-order valence-corrected chi connectivity index (χ0v) is 10.6. The van der Waals surface area contributed by atoms with Gasteiger partial charge in [-0.25, -0.2) is 4.39 Å². The highest BCUT2D eigenvalue weighted by Crippen LogP contribution is 2.24. The van der Waals surface area contributed by atoms with Gasteiger partial charge in [-0.15, -0.1) is 6.58 Å². The van der Waals surface area contributed by atoms with Gasteiger partial charge in [0.2, 0.25) is 5.82 Å². The first-order valence-corrected chi connectivity index (χ1v) is 5.54. The summed E-state index contributed by atoms with van der Waals surface area (Å²) in [7, 11) is 0. The van der Waals surface area contributed by atoms with E-state index in [4.69, 9.17) is 5.11 Å². The first-order chi connectivity index (χ1) is 9.79. The lowest BCUT2D eigenvalue weighted by Crippen LogP contribution is -2.36. The summed E-state index contributed by atoms with van der Waals surface area (Å²) >= 11 is 0. The molecule has 21 heavy (non-hydrogen) atoms. The highest BCUT2D eigenvalue weighted by Gasteiger charge is 2.29. The minimum absolute atomic E-state index is 0.285. The molecule has 0 fully saturated rings. The lowest BCUT2D eigenvalue weighted by atomic mass is 10.1. The average Bonchev–Trinajstić information content (AvgIpc) is 2.37. The molecule has 9 heteroatoms. The summed E-state index contributed by atoms with van der Waals surface area (Å²) in [6, 6.07) is 1.15. The number of benzene rings is 1. The molecule has 0 heterocycles. The summed E-state index contributed by atoms with van der Waals surface area (Å²) in [5, 5.41) is 19.3. The van der Waals surface area contributed by atoms with Crippen LogP contribution in [0.5, 0.6) is 0 Å². The summed E-state index contributed by atoms with van der Waals surface area (Å²) in [5.41, 5.74) is -2.25. The quantitative estimate of drug-likeness (QED) is 0.488. The number of nitro groups is 1. The minimum Gasteiger partial charge on any atom is -0.480 e. The van der Waals surface area contributed by atoms with Crippen LogP contribution >= 0.6 is 0 Å². The van der Waals surface area contributed by atoms with Crippen LogP contribution in [0.3, 0.4) is 0 Å². The Balaban J connectivity index is 3.32. The molecule has 0 radical (unpaired) electrons. The lowest BCUT2D eigenvalue weighted by Gasteiger charge is -2.19. The topological polar surface area (TPSA) is 101 Å². The van der Waals surface area contributed by atoms with E-state index in [0.29, 0.717) is 17.0 Å². The van der Waals surface area contributed by atoms with Crippen molar-refractivity contribution in [2.45, 2.75) is 0 Å². The van der Waals surface area contributed by atoms with Crippen molar-refractivity contribution in [2.24, 2.45) is 0 Å². The van der Waals surface area contributed by atoms with Crippen molar-refractivity contribution in [3.05, 3.63) is 52.1 Å². The number of halogens is 2. The molecule has 1 aromatic carbocycles. The highest BCUT2D eigenvalue weighted by molar-refractivity contribution is 5.97. The largest absolute Gasteiger partial charge is 0.480 e. The number of carbonyl (C=O) groups is 2. The van der Waals surface area contributed by atoms with E-state index >= 15 is 0 Å². The summed E-state index contributed by atoms with van der Waals surface area (Å²) in [6.45, 7) is 2.18. The van der Waals surface area contributed by atoms with Crippen molar-refractivity contribution in [3.63, 3.8) is 0 Å². The van der Waals surface area contributed by atoms with Gasteiger partial charge in [-0.2, -0.15) is 4.39 Å². The molecule has 0 saturated heterocycles. The van der Waals surface area contributed by atoms with Crippen molar-refractivity contribution >= 4 is 17.6 Å². The van der Waals surface area contributed by atoms with Crippen LogP contribution in [0.25, 0.3) is 0 Å². The van der Waals surface area contributed by atoms with Crippen molar-refractivity contribution in [1.29, 1.82) is 0 Å². The SMILES string of the molecule is C=CCN(CC(=O)O)C(=O)c1c(F)ccc([N+](=O)[O-])c1F. The van der Waals surface area contributed by atoms with Crippen LogP contribution in [-0.4, -0.2) is 39.9 Å². The predicted molar refractivity (Wildman–Crippen MR) is 66.7 cm³/mol. The molecule has 0 unspecified atom stereocenters. The second kappa shape index (κ2) is 6.55. The van der Waals surface area contributed by atoms with Crippen molar-refractivity contribution < 1.29 is 28.4 Å². The maximum absolute atomic E-state index is 13.9. The average molecular weight is 300 g/mol. The summed E-state index contributed by atoms with van der Waals surface area (Å²) in [5.74, 6) is -5.68. The number of amides is 1. The van der Waals surface area contributed by atoms with E-state index in [1.165, 1.54) is 0 Å². The summed E-state index contributed by atoms with van der Waals surface area (Å²) < 4.78 is 27.5. The van der Waals surface area contributed by atoms with E-state index in [0.717, 1.165) is 6.08 Å². The number of carboxylic acid groups (broad SMARTS) is 1. The number of nitro benzene ring substituents is 1. The molecule has 0 aromatic heterocycles. The van der Waals surface area contributed by atoms with Crippen LogP contribution in [0, 0.1) is 21.7 Å². The van der Waals surface area contributed by atoms with E-state index in [-0.39, 0.29) is 6.54 Å². The third-order valence-corrected chi connectivity index (χ3v) is 2.44. The molecule has 1 amide bonds. The molecule has 0 spiro atoms. The molecule has 0 aliphatic heterocycles. The molecule has 0 aliphatic rings. The van der Waals surface area contributed by atoms with Gasteiger partial charge in [0.25, 0.3) is 5.91 Å². The Kier molecular flexibility index (Phi) is 5.06. The van der Waals surface area contributed by atoms with Gasteiger partial charge in [0.05, 0.1) is 4.92 Å². The minimum atomic E-state index is -1.65. The standard InChI is InChI=1S/C12H10F2N2O5/c1-2-5-15(6-9(17)18)12(19)10-7(13)3-4-8(11(10)14)16(20)21/h2-4H,1,5-6H2,(H,17,18). The zero-order chi connectivity index (χ0) is 16.2. The highest BCUT2D eigenvalue weighted by atomic mass is 19.1. The molecular formula is C12H10F2N2O5. The molecule has 112 valence electrons. The Morgan fingerprint density at radius 3 is 2.52 bits per heavy atom. The Morgan fingerprint density at radius 2 is 2.05 bits per heavy atom. The Hall–Kier alpha value is -2.84. The smallest absolute Gasteiger partial charge is 0.323 e. The van der Waals surface area contributed by atoms with E-state index in [9.17, 15) is 28.5 Å². The van der Waals surface area contributed by atoms with E-state index in [1.54, 1.807) is 0 Å². The van der Waals surface area contributed by atoms with Crippen LogP contribution in [-0.2, 0) is 4.79 Å². The fourth-order valence-corrected chi connectivity index (χ4v) is 1.58. The summed E-state index contributed by atoms with van der Waals surface area (Å²) in [6.07, 6.45) is 1.16. The van der Waals surface area contributed by atoms with Gasteiger partial charge in [-0.1, -0.05) is 6.08 Å². The first kappa shape index (κ1) is 16.2. The van der Waals surface area contributed by atoms with Crippen molar-refractivity contribution in [3.8, 4) is 0 Å². The van der Waals surface area contributed by atoms with Gasteiger partial charge >= 0.3 is 11.7 Å². The molecule has 0 bridgehead atoms. The van der Waals surface area contributed by atoms with Crippen LogP contribution in [0.4, 0.5) is 14.5 Å². The van der Waals surface area contributed by atoms with Crippen LogP contribution in [0.2, 0.25) is 0 Å². The summed E-state index contributed by atoms with van der Waals surface area (Å²) in [4.78, 5) is 32.7. The number of aliphatic carboxylic acids is 1. The number of nitrogens with zero attached hydrogens (tertiary/aromatic N) is 2. The van der Waals surface area contributed by atoms with Gasteiger partial charge in [0.1, 0.15) is 17.9 Å². The molecule has 1 N–H and O–H groups in total. The number of hydrogen-bond donors (Lipinski definition) is 1. The number of rotatable bonds is 6. The number of carboxylic acids is 1. The molecule has 1 rings (SSSR count). The monoisotopic (exact) mass is 300 g/mol. The van der Waals surface area contributed by atoms with Gasteiger partial charge in [0, 0.05) is 12.6 Å². The number of hydrogen-bond acceptors (Lipinski definition) is 4. The maximum atomic E-state index is 13.9. The molecular weight excluding hydrogens is 290 g/mol. The maximum Gasteiger partial charge on any atom is 0.323 e. The zero-order valence-electron chi connectivity index (χ0n) is 10.6. The van der Waals surface area contributed by atoms with Gasteiger partial charge in [0.15, 0.2) is 0 Å². The van der Waals surface area contributed by atoms with Crippen molar-refractivity contribution in [1.82, 2.24) is 4.90 Å². The lowest BCUT2D eigenvalue weighted by molar-refractivity contribution is -0.387. The predicted octanol–water partition coefficient (Wildman–Crippen LogP) is 1.59. The molecule has 0 saturated carbocycles. The second-order valence-corrected chi connectivity index (χ2v) is 3.88. The van der Waals surface area contributed by atoms with Crippen molar-refractivity contribution in [2.75, 3.05) is 13.1 Å². The Morgan fingerprint density at radius 1 is 1.43 bits per heavy atom. The fraction of sp³-hybridized carbons (Fsp3) is 0.167. The van der Waals surface area contributed by atoms with Crippen LogP contribution in [0.15, 0.2) is 24.8 Å². The normalized spacial score (nSPS) is 10.0. The van der Waals surface area contributed by atoms with Gasteiger partial charge in [-0.05, 0) is 6.07 Å². The van der Waals surface area contributed by atoms with E-state index in [1.807, 2.05) is 0 Å². The van der Waals surface area contributed by atoms with Gasteiger partial charge < -0.3 is 10.0 Å². The molecule has 1 aromatic rings. The number of carbonyl (C=O) groups excluding carboxylic acids is 1. The fourth-order valence-electron chi connectivity index (χ4n) is 1.58. The second-order valence-electron chi connectivity index (χ2n) is 3.88. The molecule has 7 nitrogen and oxygen atoms in total.